The number of halogens is 1. The SMILES string of the molecule is CN(C)C(=O)c1ccc(C(=O)NCCN2CCNCC2)cc1.Cl. The average molecular weight is 341 g/mol. The van der Waals surface area contributed by atoms with Gasteiger partial charge in [0.25, 0.3) is 11.8 Å². The Bertz CT molecular complexity index is 513. The number of nitrogens with one attached hydrogen (secondary N) is 2. The van der Waals surface area contributed by atoms with E-state index in [4.69, 9.17) is 0 Å². The van der Waals surface area contributed by atoms with E-state index in [1.165, 1.54) is 4.90 Å². The van der Waals surface area contributed by atoms with Crippen molar-refractivity contribution in [1.29, 1.82) is 0 Å². The molecule has 1 saturated heterocycles. The van der Waals surface area contributed by atoms with Crippen molar-refractivity contribution in [3.63, 3.8) is 0 Å². The van der Waals surface area contributed by atoms with Crippen molar-refractivity contribution in [3.05, 3.63) is 35.4 Å². The summed E-state index contributed by atoms with van der Waals surface area (Å²) in [6.07, 6.45) is 0. The van der Waals surface area contributed by atoms with Crippen LogP contribution >= 0.6 is 12.4 Å². The number of rotatable bonds is 5. The molecule has 2 rings (SSSR count). The third-order valence-electron chi connectivity index (χ3n) is 3.72. The van der Waals surface area contributed by atoms with E-state index in [0.29, 0.717) is 17.7 Å². The zero-order chi connectivity index (χ0) is 15.9. The van der Waals surface area contributed by atoms with Gasteiger partial charge in [-0.05, 0) is 24.3 Å². The van der Waals surface area contributed by atoms with Gasteiger partial charge in [-0.3, -0.25) is 14.5 Å². The third kappa shape index (κ3) is 5.82. The van der Waals surface area contributed by atoms with Gasteiger partial charge in [0.1, 0.15) is 0 Å². The zero-order valence-corrected chi connectivity index (χ0v) is 14.5. The molecule has 0 atom stereocenters. The molecule has 1 heterocycles. The second-order valence-corrected chi connectivity index (χ2v) is 5.62. The van der Waals surface area contributed by atoms with E-state index in [9.17, 15) is 9.59 Å². The van der Waals surface area contributed by atoms with Gasteiger partial charge in [-0.1, -0.05) is 0 Å². The minimum absolute atomic E-state index is 0. The lowest BCUT2D eigenvalue weighted by atomic mass is 10.1. The lowest BCUT2D eigenvalue weighted by molar-refractivity contribution is 0.0826. The van der Waals surface area contributed by atoms with E-state index in [1.54, 1.807) is 38.4 Å². The predicted molar refractivity (Wildman–Crippen MR) is 93.4 cm³/mol. The van der Waals surface area contributed by atoms with Gasteiger partial charge in [0.05, 0.1) is 0 Å². The first-order chi connectivity index (χ1) is 10.6. The number of carbonyl (C=O) groups excluding carboxylic acids is 2. The molecule has 6 nitrogen and oxygen atoms in total. The van der Waals surface area contributed by atoms with Gasteiger partial charge in [0.2, 0.25) is 0 Å². The van der Waals surface area contributed by atoms with Crippen molar-refractivity contribution in [3.8, 4) is 0 Å². The molecule has 1 aliphatic rings. The highest BCUT2D eigenvalue weighted by atomic mass is 35.5. The fourth-order valence-corrected chi connectivity index (χ4v) is 2.39. The first-order valence-electron chi connectivity index (χ1n) is 7.61. The van der Waals surface area contributed by atoms with Gasteiger partial charge in [-0.25, -0.2) is 0 Å². The molecule has 1 aliphatic heterocycles. The van der Waals surface area contributed by atoms with Crippen LogP contribution in [-0.2, 0) is 0 Å². The number of nitrogens with zero attached hydrogens (tertiary/aromatic N) is 2. The first kappa shape index (κ1) is 19.4. The van der Waals surface area contributed by atoms with Crippen molar-refractivity contribution in [2.24, 2.45) is 0 Å². The Morgan fingerprint density at radius 2 is 1.70 bits per heavy atom. The molecular formula is C16H25ClN4O2. The van der Waals surface area contributed by atoms with E-state index in [1.807, 2.05) is 0 Å². The second kappa shape index (κ2) is 9.50. The molecule has 0 saturated carbocycles. The molecule has 0 radical (unpaired) electrons. The Hall–Kier alpha value is -1.63. The standard InChI is InChI=1S/C16H24N4O2.ClH/c1-19(2)16(22)14-5-3-13(4-6-14)15(21)18-9-12-20-10-7-17-8-11-20;/h3-6,17H,7-12H2,1-2H3,(H,18,21);1H. The van der Waals surface area contributed by atoms with E-state index in [2.05, 4.69) is 15.5 Å². The maximum atomic E-state index is 12.1. The van der Waals surface area contributed by atoms with Crippen LogP contribution in [0.4, 0.5) is 0 Å². The smallest absolute Gasteiger partial charge is 0.253 e. The van der Waals surface area contributed by atoms with Gasteiger partial charge in [0, 0.05) is 64.5 Å². The zero-order valence-electron chi connectivity index (χ0n) is 13.7. The fraction of sp³-hybridized carbons (Fsp3) is 0.500. The largest absolute Gasteiger partial charge is 0.351 e. The van der Waals surface area contributed by atoms with Crippen LogP contribution in [0.5, 0.6) is 0 Å². The van der Waals surface area contributed by atoms with E-state index >= 15 is 0 Å². The van der Waals surface area contributed by atoms with Crippen molar-refractivity contribution in [2.75, 3.05) is 53.4 Å². The van der Waals surface area contributed by atoms with Gasteiger partial charge in [-0.2, -0.15) is 0 Å². The Labute approximate surface area is 143 Å². The summed E-state index contributed by atoms with van der Waals surface area (Å²) in [6.45, 7) is 5.57. The number of amides is 2. The average Bonchev–Trinajstić information content (AvgIpc) is 2.55. The Balaban J connectivity index is 0.00000264. The van der Waals surface area contributed by atoms with Crippen LogP contribution in [0.2, 0.25) is 0 Å². The van der Waals surface area contributed by atoms with Crippen molar-refractivity contribution >= 4 is 24.2 Å². The molecule has 0 aromatic heterocycles. The number of piperazine rings is 1. The predicted octanol–water partition coefficient (Wildman–Crippen LogP) is 0.445. The van der Waals surface area contributed by atoms with Crippen molar-refractivity contribution < 1.29 is 9.59 Å². The Kier molecular flexibility index (Phi) is 8.02. The maximum Gasteiger partial charge on any atom is 0.253 e. The maximum absolute atomic E-state index is 12.1. The third-order valence-corrected chi connectivity index (χ3v) is 3.72. The number of hydrogen-bond acceptors (Lipinski definition) is 4. The molecular weight excluding hydrogens is 316 g/mol. The fourth-order valence-electron chi connectivity index (χ4n) is 2.39. The van der Waals surface area contributed by atoms with Crippen LogP contribution in [0.25, 0.3) is 0 Å². The molecule has 0 spiro atoms. The highest BCUT2D eigenvalue weighted by molar-refractivity contribution is 5.97. The van der Waals surface area contributed by atoms with Crippen LogP contribution < -0.4 is 10.6 Å². The summed E-state index contributed by atoms with van der Waals surface area (Å²) in [7, 11) is 3.41. The van der Waals surface area contributed by atoms with Crippen LogP contribution in [0.1, 0.15) is 20.7 Å². The molecule has 0 bridgehead atoms. The molecule has 2 amide bonds. The molecule has 1 fully saturated rings. The summed E-state index contributed by atoms with van der Waals surface area (Å²) in [4.78, 5) is 27.7. The molecule has 128 valence electrons. The lowest BCUT2D eigenvalue weighted by Crippen LogP contribution is -2.46. The Morgan fingerprint density at radius 3 is 2.26 bits per heavy atom. The van der Waals surface area contributed by atoms with Crippen LogP contribution in [-0.4, -0.2) is 75.0 Å². The summed E-state index contributed by atoms with van der Waals surface area (Å²) in [5.74, 6) is -0.162. The molecule has 0 unspecified atom stereocenters. The highest BCUT2D eigenvalue weighted by Gasteiger charge is 2.12. The minimum Gasteiger partial charge on any atom is -0.351 e. The first-order valence-corrected chi connectivity index (χ1v) is 7.61. The van der Waals surface area contributed by atoms with Gasteiger partial charge in [-0.15, -0.1) is 12.4 Å². The molecule has 23 heavy (non-hydrogen) atoms. The van der Waals surface area contributed by atoms with E-state index in [-0.39, 0.29) is 24.2 Å². The second-order valence-electron chi connectivity index (χ2n) is 5.62. The number of benzene rings is 1. The summed E-state index contributed by atoms with van der Waals surface area (Å²) < 4.78 is 0. The quantitative estimate of drug-likeness (QED) is 0.816. The summed E-state index contributed by atoms with van der Waals surface area (Å²) in [5, 5.41) is 6.22. The monoisotopic (exact) mass is 340 g/mol. The van der Waals surface area contributed by atoms with E-state index < -0.39 is 0 Å². The molecule has 7 heteroatoms. The molecule has 2 N–H and O–H groups in total. The normalized spacial score (nSPS) is 14.7. The number of carbonyl (C=O) groups is 2. The molecule has 1 aromatic rings. The van der Waals surface area contributed by atoms with Crippen LogP contribution in [0.15, 0.2) is 24.3 Å². The van der Waals surface area contributed by atoms with Crippen molar-refractivity contribution in [2.45, 2.75) is 0 Å². The molecule has 0 aliphatic carbocycles. The minimum atomic E-state index is -0.0982. The Morgan fingerprint density at radius 1 is 1.13 bits per heavy atom. The van der Waals surface area contributed by atoms with E-state index in [0.717, 1.165) is 32.7 Å². The summed E-state index contributed by atoms with van der Waals surface area (Å²) in [5.41, 5.74) is 1.16. The van der Waals surface area contributed by atoms with Crippen LogP contribution in [0, 0.1) is 0 Å². The van der Waals surface area contributed by atoms with Crippen molar-refractivity contribution in [1.82, 2.24) is 20.4 Å². The highest BCUT2D eigenvalue weighted by Crippen LogP contribution is 2.06. The van der Waals surface area contributed by atoms with Gasteiger partial charge >= 0.3 is 0 Å². The van der Waals surface area contributed by atoms with Gasteiger partial charge < -0.3 is 15.5 Å². The van der Waals surface area contributed by atoms with Crippen LogP contribution in [0.3, 0.4) is 0 Å². The summed E-state index contributed by atoms with van der Waals surface area (Å²) in [6, 6.07) is 6.76. The summed E-state index contributed by atoms with van der Waals surface area (Å²) >= 11 is 0. The lowest BCUT2D eigenvalue weighted by Gasteiger charge is -2.27. The molecule has 1 aromatic carbocycles. The van der Waals surface area contributed by atoms with Gasteiger partial charge in [0.15, 0.2) is 0 Å². The topological polar surface area (TPSA) is 64.7 Å². The number of hydrogen-bond donors (Lipinski definition) is 2.